The molecule has 0 bridgehead atoms. The van der Waals surface area contributed by atoms with Crippen LogP contribution < -0.4 is 16.1 Å². The third kappa shape index (κ3) is 6.25. The van der Waals surface area contributed by atoms with Gasteiger partial charge in [-0.3, -0.25) is 14.4 Å². The number of nitrogens with zero attached hydrogens (tertiary/aromatic N) is 1. The van der Waals surface area contributed by atoms with E-state index in [0.29, 0.717) is 29.9 Å². The number of carbonyl (C=O) groups is 3. The Labute approximate surface area is 160 Å². The lowest BCUT2D eigenvalue weighted by Gasteiger charge is -2.26. The van der Waals surface area contributed by atoms with Gasteiger partial charge in [-0.2, -0.15) is 5.26 Å². The van der Waals surface area contributed by atoms with E-state index in [1.807, 2.05) is 0 Å². The van der Waals surface area contributed by atoms with Crippen LogP contribution in [-0.4, -0.2) is 49.7 Å². The molecule has 0 heterocycles. The van der Waals surface area contributed by atoms with Crippen LogP contribution in [0.3, 0.4) is 0 Å². The Morgan fingerprint density at radius 1 is 1.33 bits per heavy atom. The maximum atomic E-state index is 12.7. The van der Waals surface area contributed by atoms with Crippen LogP contribution in [0.2, 0.25) is 25.7 Å². The Hall–Kier alpha value is -2.60. The summed E-state index contributed by atoms with van der Waals surface area (Å²) >= 11 is 0. The van der Waals surface area contributed by atoms with Crippen LogP contribution in [0, 0.1) is 11.3 Å². The molecule has 9 heteroatoms. The van der Waals surface area contributed by atoms with E-state index in [2.05, 4.69) is 36.3 Å². The molecule has 0 radical (unpaired) electrons. The summed E-state index contributed by atoms with van der Waals surface area (Å²) in [5, 5.41) is 23.6. The molecule has 1 aliphatic carbocycles. The van der Waals surface area contributed by atoms with Crippen LogP contribution in [0.25, 0.3) is 0 Å². The van der Waals surface area contributed by atoms with Crippen molar-refractivity contribution >= 4 is 38.5 Å². The number of benzene rings is 1. The van der Waals surface area contributed by atoms with Gasteiger partial charge in [-0.15, -0.1) is 0 Å². The summed E-state index contributed by atoms with van der Waals surface area (Å²) in [5.74, 6) is -1.75. The highest BCUT2D eigenvalue weighted by Gasteiger charge is 2.46. The van der Waals surface area contributed by atoms with Gasteiger partial charge in [-0.1, -0.05) is 43.3 Å². The SMILES string of the molecule is C[Si](C)(C)C[C@H](NC(=O)c1cccc(BC(=O)O)c1)C(=O)NC1(C#N)CC1. The second-order valence-corrected chi connectivity index (χ2v) is 13.8. The standard InChI is InChI=1S/C18H24BN3O4Si/c1-27(2,3)10-14(16(24)22-18(11-20)7-8-18)21-15(23)12-5-4-6-13(9-12)19-17(25)26/h4-6,9,14,19H,7-8,10H2,1-3H3,(H,21,23)(H,22,24)(H,25,26)/t14-/m0/s1. The normalized spacial score (nSPS) is 15.8. The monoisotopic (exact) mass is 385 g/mol. The van der Waals surface area contributed by atoms with E-state index in [4.69, 9.17) is 5.11 Å². The molecule has 1 atom stereocenters. The molecule has 1 aliphatic rings. The first-order valence-electron chi connectivity index (χ1n) is 8.88. The van der Waals surface area contributed by atoms with Crippen molar-refractivity contribution in [2.45, 2.75) is 50.1 Å². The number of carboxylic acid groups (broad SMARTS) is 1. The van der Waals surface area contributed by atoms with Crippen molar-refractivity contribution in [3.05, 3.63) is 29.8 Å². The summed E-state index contributed by atoms with van der Waals surface area (Å²) in [5.41, 5.74) is 0.0345. The van der Waals surface area contributed by atoms with E-state index in [9.17, 15) is 19.6 Å². The number of carbonyl (C=O) groups excluding carboxylic acids is 2. The second-order valence-electron chi connectivity index (χ2n) is 8.24. The highest BCUT2D eigenvalue weighted by atomic mass is 28.3. The molecule has 0 saturated heterocycles. The molecule has 27 heavy (non-hydrogen) atoms. The fourth-order valence-electron chi connectivity index (χ4n) is 2.77. The zero-order valence-electron chi connectivity index (χ0n) is 15.8. The first-order chi connectivity index (χ1) is 12.5. The van der Waals surface area contributed by atoms with Gasteiger partial charge in [0.25, 0.3) is 19.1 Å². The molecule has 3 N–H and O–H groups in total. The number of nitriles is 1. The van der Waals surface area contributed by atoms with Crippen LogP contribution in [0.15, 0.2) is 24.3 Å². The Balaban J connectivity index is 2.14. The van der Waals surface area contributed by atoms with Gasteiger partial charge in [0.15, 0.2) is 0 Å². The van der Waals surface area contributed by atoms with Gasteiger partial charge in [-0.05, 0) is 25.0 Å². The molecule has 1 saturated carbocycles. The Bertz CT molecular complexity index is 797. The molecular weight excluding hydrogens is 361 g/mol. The second kappa shape index (κ2) is 7.96. The number of hydrogen-bond acceptors (Lipinski definition) is 4. The van der Waals surface area contributed by atoms with Gasteiger partial charge in [0.2, 0.25) is 5.91 Å². The summed E-state index contributed by atoms with van der Waals surface area (Å²) in [6.07, 6.45) is 1.25. The Morgan fingerprint density at radius 2 is 2.00 bits per heavy atom. The number of hydrogen-bond donors (Lipinski definition) is 3. The van der Waals surface area contributed by atoms with Crippen molar-refractivity contribution in [3.63, 3.8) is 0 Å². The lowest BCUT2D eigenvalue weighted by Crippen LogP contribution is -2.52. The molecule has 142 valence electrons. The molecule has 1 aromatic carbocycles. The van der Waals surface area contributed by atoms with Crippen molar-refractivity contribution in [2.75, 3.05) is 0 Å². The van der Waals surface area contributed by atoms with Crippen molar-refractivity contribution in [3.8, 4) is 6.07 Å². The Morgan fingerprint density at radius 3 is 2.52 bits per heavy atom. The largest absolute Gasteiger partial charge is 0.489 e. The van der Waals surface area contributed by atoms with Crippen molar-refractivity contribution in [2.24, 2.45) is 0 Å². The van der Waals surface area contributed by atoms with Gasteiger partial charge < -0.3 is 15.7 Å². The molecule has 2 amide bonds. The molecule has 0 aromatic heterocycles. The first kappa shape index (κ1) is 20.7. The summed E-state index contributed by atoms with van der Waals surface area (Å²) < 4.78 is 0. The van der Waals surface area contributed by atoms with Gasteiger partial charge in [0.1, 0.15) is 11.6 Å². The van der Waals surface area contributed by atoms with Crippen LogP contribution >= 0.6 is 0 Å². The highest BCUT2D eigenvalue weighted by molar-refractivity contribution is 6.82. The van der Waals surface area contributed by atoms with Crippen molar-refractivity contribution in [1.29, 1.82) is 5.26 Å². The van der Waals surface area contributed by atoms with Gasteiger partial charge in [0.05, 0.1) is 6.07 Å². The third-order valence-corrected chi connectivity index (χ3v) is 5.94. The maximum absolute atomic E-state index is 12.7. The van der Waals surface area contributed by atoms with Crippen LogP contribution in [-0.2, 0) is 4.79 Å². The summed E-state index contributed by atoms with van der Waals surface area (Å²) in [6.45, 7) is 6.30. The number of rotatable bonds is 8. The lowest BCUT2D eigenvalue weighted by atomic mass is 9.70. The topological polar surface area (TPSA) is 119 Å². The van der Waals surface area contributed by atoms with E-state index in [0.717, 1.165) is 0 Å². The first-order valence-corrected chi connectivity index (χ1v) is 12.6. The fourth-order valence-corrected chi connectivity index (χ4v) is 4.29. The summed E-state index contributed by atoms with van der Waals surface area (Å²) in [4.78, 5) is 36.2. The molecule has 2 rings (SSSR count). The van der Waals surface area contributed by atoms with E-state index >= 15 is 0 Å². The minimum Gasteiger partial charge on any atom is -0.489 e. The molecule has 0 unspecified atom stereocenters. The van der Waals surface area contributed by atoms with Crippen LogP contribution in [0.5, 0.6) is 0 Å². The predicted octanol–water partition coefficient (Wildman–Crippen LogP) is 1.04. The molecule has 1 aromatic rings. The van der Waals surface area contributed by atoms with Crippen molar-refractivity contribution < 1.29 is 19.5 Å². The highest BCUT2D eigenvalue weighted by Crippen LogP contribution is 2.34. The molecule has 0 aliphatic heterocycles. The smallest absolute Gasteiger partial charge is 0.293 e. The minimum atomic E-state index is -1.68. The van der Waals surface area contributed by atoms with E-state index < -0.39 is 31.4 Å². The number of nitrogens with one attached hydrogen (secondary N) is 2. The zero-order valence-corrected chi connectivity index (χ0v) is 16.8. The average molecular weight is 385 g/mol. The van der Waals surface area contributed by atoms with Crippen LogP contribution in [0.1, 0.15) is 23.2 Å². The minimum absolute atomic E-state index is 0.176. The molecule has 7 nitrogen and oxygen atoms in total. The fraction of sp³-hybridized carbons (Fsp3) is 0.444. The number of amides is 2. The predicted molar refractivity (Wildman–Crippen MR) is 106 cm³/mol. The molecular formula is C18H24BN3O4Si. The van der Waals surface area contributed by atoms with Gasteiger partial charge >= 0.3 is 0 Å². The van der Waals surface area contributed by atoms with Gasteiger partial charge in [0, 0.05) is 13.6 Å². The Kier molecular flexibility index (Phi) is 6.11. The molecule has 1 fully saturated rings. The average Bonchev–Trinajstić information content (AvgIpc) is 3.32. The lowest BCUT2D eigenvalue weighted by molar-refractivity contribution is -0.123. The van der Waals surface area contributed by atoms with E-state index in [-0.39, 0.29) is 13.2 Å². The third-order valence-electron chi connectivity index (χ3n) is 4.31. The van der Waals surface area contributed by atoms with E-state index in [1.165, 1.54) is 6.07 Å². The van der Waals surface area contributed by atoms with Gasteiger partial charge in [-0.25, -0.2) is 0 Å². The molecule has 0 spiro atoms. The summed E-state index contributed by atoms with van der Waals surface area (Å²) in [6, 6.07) is 8.31. The maximum Gasteiger partial charge on any atom is 0.293 e. The zero-order chi connectivity index (χ0) is 20.2. The van der Waals surface area contributed by atoms with Crippen molar-refractivity contribution in [1.82, 2.24) is 10.6 Å². The van der Waals surface area contributed by atoms with E-state index in [1.54, 1.807) is 18.2 Å². The summed E-state index contributed by atoms with van der Waals surface area (Å²) in [7, 11) is -1.86. The quantitative estimate of drug-likeness (QED) is 0.578. The van der Waals surface area contributed by atoms with Crippen LogP contribution in [0.4, 0.5) is 4.79 Å².